The molecule has 0 unspecified atom stereocenters. The minimum atomic E-state index is -0.131. The molecule has 1 aromatic rings. The van der Waals surface area contributed by atoms with Crippen molar-refractivity contribution < 1.29 is 5.11 Å². The Labute approximate surface area is 121 Å². The zero-order valence-corrected chi connectivity index (χ0v) is 12.7. The summed E-state index contributed by atoms with van der Waals surface area (Å²) >= 11 is 0. The number of aromatic nitrogens is 2. The Bertz CT molecular complexity index is 461. The Morgan fingerprint density at radius 3 is 2.50 bits per heavy atom. The van der Waals surface area contributed by atoms with E-state index in [1.807, 2.05) is 0 Å². The quantitative estimate of drug-likeness (QED) is 0.787. The van der Waals surface area contributed by atoms with Crippen molar-refractivity contribution >= 4 is 11.6 Å². The number of nitrogens with one attached hydrogen (secondary N) is 1. The van der Waals surface area contributed by atoms with Crippen molar-refractivity contribution in [2.45, 2.75) is 51.9 Å². The molecule has 0 aromatic carbocycles. The van der Waals surface area contributed by atoms with E-state index in [2.05, 4.69) is 36.1 Å². The molecular formula is C15H26N4O. The Morgan fingerprint density at radius 2 is 1.95 bits per heavy atom. The monoisotopic (exact) mass is 278 g/mol. The number of nitrogens with two attached hydrogens (primary N) is 1. The summed E-state index contributed by atoms with van der Waals surface area (Å²) in [4.78, 5) is 8.85. The lowest BCUT2D eigenvalue weighted by Crippen LogP contribution is -2.31. The van der Waals surface area contributed by atoms with E-state index in [9.17, 15) is 5.11 Å². The van der Waals surface area contributed by atoms with Gasteiger partial charge in [-0.25, -0.2) is 9.97 Å². The van der Waals surface area contributed by atoms with E-state index in [4.69, 9.17) is 5.73 Å². The van der Waals surface area contributed by atoms with Crippen molar-refractivity contribution in [2.75, 3.05) is 24.2 Å². The van der Waals surface area contributed by atoms with E-state index in [0.29, 0.717) is 5.82 Å². The van der Waals surface area contributed by atoms with Gasteiger partial charge in [0.15, 0.2) is 0 Å². The molecule has 4 N–H and O–H groups in total. The van der Waals surface area contributed by atoms with E-state index in [1.165, 1.54) is 12.8 Å². The summed E-state index contributed by atoms with van der Waals surface area (Å²) in [5.74, 6) is 1.98. The van der Waals surface area contributed by atoms with Gasteiger partial charge in [-0.2, -0.15) is 0 Å². The summed E-state index contributed by atoms with van der Waals surface area (Å²) in [5, 5.41) is 13.0. The van der Waals surface area contributed by atoms with Crippen molar-refractivity contribution in [2.24, 2.45) is 5.41 Å². The number of hydrogen-bond donors (Lipinski definition) is 3. The minimum Gasteiger partial charge on any atom is -0.396 e. The van der Waals surface area contributed by atoms with Crippen molar-refractivity contribution in [3.05, 3.63) is 11.9 Å². The number of anilines is 2. The van der Waals surface area contributed by atoms with E-state index >= 15 is 0 Å². The topological polar surface area (TPSA) is 84.1 Å². The average Bonchev–Trinajstić information content (AvgIpc) is 2.84. The highest BCUT2D eigenvalue weighted by Gasteiger charge is 2.33. The third kappa shape index (κ3) is 3.39. The lowest BCUT2D eigenvalue weighted by Gasteiger charge is -2.27. The standard InChI is InChI=1S/C15H26N4O/c1-14(2,3)13-18-11(16)8-12(19-13)17-9-15(10-20)6-4-5-7-15/h8,20H,4-7,9-10H2,1-3H3,(H3,16,17,18,19). The lowest BCUT2D eigenvalue weighted by atomic mass is 9.87. The van der Waals surface area contributed by atoms with Crippen LogP contribution in [0.1, 0.15) is 52.3 Å². The molecule has 5 heteroatoms. The smallest absolute Gasteiger partial charge is 0.138 e. The third-order valence-corrected chi connectivity index (χ3v) is 4.06. The minimum absolute atomic E-state index is 0.00159. The molecule has 5 nitrogen and oxygen atoms in total. The predicted octanol–water partition coefficient (Wildman–Crippen LogP) is 2.32. The molecule has 1 fully saturated rings. The molecule has 20 heavy (non-hydrogen) atoms. The molecule has 112 valence electrons. The molecule has 0 spiro atoms. The number of hydrogen-bond acceptors (Lipinski definition) is 5. The predicted molar refractivity (Wildman–Crippen MR) is 81.6 cm³/mol. The highest BCUT2D eigenvalue weighted by Crippen LogP contribution is 2.37. The third-order valence-electron chi connectivity index (χ3n) is 4.06. The van der Waals surface area contributed by atoms with Crippen molar-refractivity contribution in [1.29, 1.82) is 0 Å². The van der Waals surface area contributed by atoms with Crippen LogP contribution in [-0.2, 0) is 5.41 Å². The van der Waals surface area contributed by atoms with Crippen molar-refractivity contribution in [3.8, 4) is 0 Å². The summed E-state index contributed by atoms with van der Waals surface area (Å²) in [7, 11) is 0. The van der Waals surface area contributed by atoms with Crippen LogP contribution in [0.15, 0.2) is 6.07 Å². The molecule has 1 aliphatic rings. The summed E-state index contributed by atoms with van der Waals surface area (Å²) in [6.45, 7) is 7.17. The first-order valence-electron chi connectivity index (χ1n) is 7.34. The zero-order chi connectivity index (χ0) is 14.8. The van der Waals surface area contributed by atoms with Gasteiger partial charge in [-0.3, -0.25) is 0 Å². The Balaban J connectivity index is 2.11. The fourth-order valence-electron chi connectivity index (χ4n) is 2.69. The van der Waals surface area contributed by atoms with Crippen LogP contribution in [0.4, 0.5) is 11.6 Å². The number of nitrogens with zero attached hydrogens (tertiary/aromatic N) is 2. The van der Waals surface area contributed by atoms with Gasteiger partial charge in [-0.1, -0.05) is 33.6 Å². The molecule has 0 saturated heterocycles. The normalized spacial score (nSPS) is 18.2. The fourth-order valence-corrected chi connectivity index (χ4v) is 2.69. The first-order valence-corrected chi connectivity index (χ1v) is 7.34. The van der Waals surface area contributed by atoms with E-state index < -0.39 is 0 Å². The highest BCUT2D eigenvalue weighted by molar-refractivity contribution is 5.45. The summed E-state index contributed by atoms with van der Waals surface area (Å²) < 4.78 is 0. The Morgan fingerprint density at radius 1 is 1.30 bits per heavy atom. The van der Waals surface area contributed by atoms with Crippen LogP contribution in [-0.4, -0.2) is 28.2 Å². The number of nitrogen functional groups attached to an aromatic ring is 1. The first kappa shape index (κ1) is 15.0. The first-order chi connectivity index (χ1) is 9.35. The number of aliphatic hydroxyl groups excluding tert-OH is 1. The van der Waals surface area contributed by atoms with Crippen LogP contribution in [0.5, 0.6) is 0 Å². The fraction of sp³-hybridized carbons (Fsp3) is 0.733. The van der Waals surface area contributed by atoms with Crippen molar-refractivity contribution in [3.63, 3.8) is 0 Å². The van der Waals surface area contributed by atoms with Crippen LogP contribution < -0.4 is 11.1 Å². The molecule has 1 aromatic heterocycles. The molecule has 0 atom stereocenters. The van der Waals surface area contributed by atoms with Gasteiger partial charge in [-0.15, -0.1) is 0 Å². The largest absolute Gasteiger partial charge is 0.396 e. The van der Waals surface area contributed by atoms with Crippen LogP contribution in [0, 0.1) is 5.41 Å². The number of aliphatic hydroxyl groups is 1. The number of rotatable bonds is 4. The lowest BCUT2D eigenvalue weighted by molar-refractivity contribution is 0.142. The Kier molecular flexibility index (Phi) is 4.18. The van der Waals surface area contributed by atoms with Crippen LogP contribution >= 0.6 is 0 Å². The maximum atomic E-state index is 9.64. The summed E-state index contributed by atoms with van der Waals surface area (Å²) in [6.07, 6.45) is 4.54. The van der Waals surface area contributed by atoms with Gasteiger partial charge in [0.2, 0.25) is 0 Å². The van der Waals surface area contributed by atoms with Gasteiger partial charge in [0, 0.05) is 23.4 Å². The van der Waals surface area contributed by atoms with Crippen LogP contribution in [0.3, 0.4) is 0 Å². The van der Waals surface area contributed by atoms with Gasteiger partial charge in [0.05, 0.1) is 6.61 Å². The SMILES string of the molecule is CC(C)(C)c1nc(N)cc(NCC2(CO)CCCC2)n1. The molecule has 0 bridgehead atoms. The molecule has 1 heterocycles. The van der Waals surface area contributed by atoms with Gasteiger partial charge in [-0.05, 0) is 12.8 Å². The van der Waals surface area contributed by atoms with Crippen molar-refractivity contribution in [1.82, 2.24) is 9.97 Å². The molecule has 0 amide bonds. The second kappa shape index (κ2) is 5.56. The molecule has 1 saturated carbocycles. The zero-order valence-electron chi connectivity index (χ0n) is 12.7. The molecule has 0 aliphatic heterocycles. The molecule has 0 radical (unpaired) electrons. The molecule has 1 aliphatic carbocycles. The Hall–Kier alpha value is -1.36. The second-order valence-electron chi connectivity index (χ2n) is 6.97. The van der Waals surface area contributed by atoms with Gasteiger partial charge in [0.1, 0.15) is 17.5 Å². The molecular weight excluding hydrogens is 252 g/mol. The van der Waals surface area contributed by atoms with Gasteiger partial charge < -0.3 is 16.2 Å². The highest BCUT2D eigenvalue weighted by atomic mass is 16.3. The summed E-state index contributed by atoms with van der Waals surface area (Å²) in [5.41, 5.74) is 5.74. The average molecular weight is 278 g/mol. The van der Waals surface area contributed by atoms with Crippen LogP contribution in [0.2, 0.25) is 0 Å². The maximum Gasteiger partial charge on any atom is 0.138 e. The summed E-state index contributed by atoms with van der Waals surface area (Å²) in [6, 6.07) is 1.76. The maximum absolute atomic E-state index is 9.64. The van der Waals surface area contributed by atoms with Gasteiger partial charge in [0.25, 0.3) is 0 Å². The van der Waals surface area contributed by atoms with Gasteiger partial charge >= 0.3 is 0 Å². The van der Waals surface area contributed by atoms with E-state index in [-0.39, 0.29) is 17.4 Å². The second-order valence-corrected chi connectivity index (χ2v) is 6.97. The van der Waals surface area contributed by atoms with Crippen LogP contribution in [0.25, 0.3) is 0 Å². The van der Waals surface area contributed by atoms with E-state index in [0.717, 1.165) is 31.0 Å². The molecule has 2 rings (SSSR count). The van der Waals surface area contributed by atoms with E-state index in [1.54, 1.807) is 6.07 Å².